The largest absolute Gasteiger partial charge is 0.391 e. The van der Waals surface area contributed by atoms with E-state index in [1.807, 2.05) is 6.07 Å². The van der Waals surface area contributed by atoms with Crippen molar-refractivity contribution in [2.45, 2.75) is 31.8 Å². The lowest BCUT2D eigenvalue weighted by Crippen LogP contribution is -2.35. The molecule has 1 aromatic rings. The van der Waals surface area contributed by atoms with Crippen LogP contribution in [0.3, 0.4) is 0 Å². The number of hydrogen-bond donors (Lipinski definition) is 2. The first-order valence-corrected chi connectivity index (χ1v) is 6.67. The Balaban J connectivity index is 1.92. The van der Waals surface area contributed by atoms with Crippen molar-refractivity contribution in [3.05, 3.63) is 35.4 Å². The fourth-order valence-corrected chi connectivity index (χ4v) is 2.58. The monoisotopic (exact) mass is 258 g/mol. The summed E-state index contributed by atoms with van der Waals surface area (Å²) in [5.41, 5.74) is 0.721. The van der Waals surface area contributed by atoms with Crippen molar-refractivity contribution >= 4 is 5.91 Å². The number of aliphatic hydroxyl groups is 1. The maximum atomic E-state index is 12.0. The van der Waals surface area contributed by atoms with Crippen LogP contribution < -0.4 is 5.32 Å². The molecule has 0 spiro atoms. The number of aliphatic hydroxyl groups excluding tert-OH is 1. The van der Waals surface area contributed by atoms with Gasteiger partial charge in [-0.25, -0.2) is 0 Å². The van der Waals surface area contributed by atoms with Crippen molar-refractivity contribution in [2.75, 3.05) is 6.54 Å². The Morgan fingerprint density at radius 1 is 1.42 bits per heavy atom. The van der Waals surface area contributed by atoms with Gasteiger partial charge in [0.1, 0.15) is 0 Å². The molecule has 1 unspecified atom stereocenters. The molecule has 0 aliphatic heterocycles. The van der Waals surface area contributed by atoms with Gasteiger partial charge in [0.2, 0.25) is 0 Å². The molecular formula is C15H18N2O2. The fraction of sp³-hybridized carbons (Fsp3) is 0.467. The third kappa shape index (κ3) is 3.33. The maximum absolute atomic E-state index is 12.0. The van der Waals surface area contributed by atoms with Gasteiger partial charge in [-0.3, -0.25) is 4.79 Å². The lowest BCUT2D eigenvalue weighted by molar-refractivity contribution is 0.0840. The minimum atomic E-state index is -0.485. The zero-order valence-electron chi connectivity index (χ0n) is 10.8. The van der Waals surface area contributed by atoms with Gasteiger partial charge in [0, 0.05) is 6.54 Å². The highest BCUT2D eigenvalue weighted by molar-refractivity contribution is 5.96. The van der Waals surface area contributed by atoms with E-state index in [1.54, 1.807) is 24.3 Å². The number of nitrogens with one attached hydrogen (secondary N) is 1. The summed E-state index contributed by atoms with van der Waals surface area (Å²) >= 11 is 0. The van der Waals surface area contributed by atoms with E-state index in [1.165, 1.54) is 0 Å². The van der Waals surface area contributed by atoms with Gasteiger partial charge in [0.15, 0.2) is 0 Å². The zero-order valence-corrected chi connectivity index (χ0v) is 10.8. The molecule has 0 heterocycles. The summed E-state index contributed by atoms with van der Waals surface area (Å²) in [6, 6.07) is 8.68. The normalized spacial score (nSPS) is 16.8. The first kappa shape index (κ1) is 13.6. The van der Waals surface area contributed by atoms with Crippen LogP contribution in [0.2, 0.25) is 0 Å². The molecule has 1 amide bonds. The predicted molar refractivity (Wildman–Crippen MR) is 71.5 cm³/mol. The highest BCUT2D eigenvalue weighted by Gasteiger charge is 2.23. The summed E-state index contributed by atoms with van der Waals surface area (Å²) in [5, 5.41) is 21.6. The van der Waals surface area contributed by atoms with Crippen molar-refractivity contribution in [2.24, 2.45) is 5.92 Å². The molecule has 0 bridgehead atoms. The molecule has 19 heavy (non-hydrogen) atoms. The zero-order chi connectivity index (χ0) is 13.7. The standard InChI is InChI=1S/C15H18N2O2/c16-9-12-7-3-4-8-13(12)15(19)17-10-14(18)11-5-1-2-6-11/h3-4,7-8,11,14,18H,1-2,5-6,10H2,(H,17,19). The van der Waals surface area contributed by atoms with Crippen LogP contribution in [0.1, 0.15) is 41.6 Å². The molecule has 1 fully saturated rings. The summed E-state index contributed by atoms with van der Waals surface area (Å²) in [4.78, 5) is 12.0. The van der Waals surface area contributed by atoms with Crippen molar-refractivity contribution in [3.8, 4) is 6.07 Å². The van der Waals surface area contributed by atoms with E-state index in [4.69, 9.17) is 5.26 Å². The number of benzene rings is 1. The van der Waals surface area contributed by atoms with Gasteiger partial charge >= 0.3 is 0 Å². The van der Waals surface area contributed by atoms with Gasteiger partial charge in [0.05, 0.1) is 23.3 Å². The van der Waals surface area contributed by atoms with E-state index >= 15 is 0 Å². The van der Waals surface area contributed by atoms with Crippen LogP contribution in [0.5, 0.6) is 0 Å². The predicted octanol–water partition coefficient (Wildman–Crippen LogP) is 1.84. The second-order valence-electron chi connectivity index (χ2n) is 4.98. The van der Waals surface area contributed by atoms with Crippen molar-refractivity contribution in [1.82, 2.24) is 5.32 Å². The summed E-state index contributed by atoms with van der Waals surface area (Å²) in [7, 11) is 0. The van der Waals surface area contributed by atoms with Crippen LogP contribution in [0, 0.1) is 17.2 Å². The summed E-state index contributed by atoms with van der Waals surface area (Å²) in [6.45, 7) is 0.253. The van der Waals surface area contributed by atoms with Crippen molar-refractivity contribution < 1.29 is 9.90 Å². The molecule has 4 heteroatoms. The van der Waals surface area contributed by atoms with E-state index in [2.05, 4.69) is 5.32 Å². The minimum absolute atomic E-state index is 0.253. The Kier molecular flexibility index (Phi) is 4.53. The Labute approximate surface area is 113 Å². The Hall–Kier alpha value is -1.86. The topological polar surface area (TPSA) is 73.1 Å². The quantitative estimate of drug-likeness (QED) is 0.865. The molecule has 2 N–H and O–H groups in total. The molecule has 0 saturated heterocycles. The molecule has 0 radical (unpaired) electrons. The molecule has 1 atom stereocenters. The van der Waals surface area contributed by atoms with Crippen LogP contribution in [0.4, 0.5) is 0 Å². The van der Waals surface area contributed by atoms with Crippen LogP contribution in [0.25, 0.3) is 0 Å². The number of nitrogens with zero attached hydrogens (tertiary/aromatic N) is 1. The molecule has 0 aromatic heterocycles. The van der Waals surface area contributed by atoms with Gasteiger partial charge in [-0.1, -0.05) is 25.0 Å². The third-order valence-electron chi connectivity index (χ3n) is 3.71. The fourth-order valence-electron chi connectivity index (χ4n) is 2.58. The SMILES string of the molecule is N#Cc1ccccc1C(=O)NCC(O)C1CCCC1. The van der Waals surface area contributed by atoms with Gasteiger partial charge in [-0.15, -0.1) is 0 Å². The lowest BCUT2D eigenvalue weighted by atomic mass is 10.0. The number of hydrogen-bond acceptors (Lipinski definition) is 3. The summed E-state index contributed by atoms with van der Waals surface area (Å²) in [6.07, 6.45) is 3.90. The van der Waals surface area contributed by atoms with Gasteiger partial charge < -0.3 is 10.4 Å². The summed E-state index contributed by atoms with van der Waals surface area (Å²) in [5.74, 6) is 0.000655. The van der Waals surface area contributed by atoms with Crippen LogP contribution >= 0.6 is 0 Å². The highest BCUT2D eigenvalue weighted by Crippen LogP contribution is 2.27. The number of nitriles is 1. The molecular weight excluding hydrogens is 240 g/mol. The van der Waals surface area contributed by atoms with Gasteiger partial charge in [-0.05, 0) is 30.9 Å². The second kappa shape index (κ2) is 6.35. The first-order chi connectivity index (χ1) is 9.22. The summed E-state index contributed by atoms with van der Waals surface area (Å²) < 4.78 is 0. The van der Waals surface area contributed by atoms with E-state index in [0.29, 0.717) is 17.0 Å². The molecule has 4 nitrogen and oxygen atoms in total. The van der Waals surface area contributed by atoms with Crippen LogP contribution in [0.15, 0.2) is 24.3 Å². The lowest BCUT2D eigenvalue weighted by Gasteiger charge is -2.18. The molecule has 1 aromatic carbocycles. The Bertz CT molecular complexity index is 487. The van der Waals surface area contributed by atoms with Gasteiger partial charge in [0.25, 0.3) is 5.91 Å². The number of carbonyl (C=O) groups is 1. The molecule has 1 aliphatic carbocycles. The van der Waals surface area contributed by atoms with Gasteiger partial charge in [-0.2, -0.15) is 5.26 Å². The Morgan fingerprint density at radius 3 is 2.79 bits per heavy atom. The molecule has 2 rings (SSSR count). The minimum Gasteiger partial charge on any atom is -0.391 e. The number of amides is 1. The molecule has 1 aliphatic rings. The Morgan fingerprint density at radius 2 is 2.11 bits per heavy atom. The first-order valence-electron chi connectivity index (χ1n) is 6.67. The average Bonchev–Trinajstić information content (AvgIpc) is 2.98. The van der Waals surface area contributed by atoms with E-state index in [9.17, 15) is 9.90 Å². The highest BCUT2D eigenvalue weighted by atomic mass is 16.3. The van der Waals surface area contributed by atoms with Crippen molar-refractivity contribution in [1.29, 1.82) is 5.26 Å². The molecule has 1 saturated carbocycles. The maximum Gasteiger partial charge on any atom is 0.252 e. The van der Waals surface area contributed by atoms with Crippen LogP contribution in [-0.4, -0.2) is 23.7 Å². The average molecular weight is 258 g/mol. The van der Waals surface area contributed by atoms with Crippen molar-refractivity contribution in [3.63, 3.8) is 0 Å². The van der Waals surface area contributed by atoms with E-state index in [0.717, 1.165) is 25.7 Å². The third-order valence-corrected chi connectivity index (χ3v) is 3.71. The van der Waals surface area contributed by atoms with E-state index < -0.39 is 6.10 Å². The second-order valence-corrected chi connectivity index (χ2v) is 4.98. The number of rotatable bonds is 4. The number of carbonyl (C=O) groups excluding carboxylic acids is 1. The smallest absolute Gasteiger partial charge is 0.252 e. The van der Waals surface area contributed by atoms with Crippen LogP contribution in [-0.2, 0) is 0 Å². The molecule has 100 valence electrons. The van der Waals surface area contributed by atoms with E-state index in [-0.39, 0.29) is 12.5 Å².